The summed E-state index contributed by atoms with van der Waals surface area (Å²) in [5, 5.41) is 2.98. The normalized spacial score (nSPS) is 17.5. The van der Waals surface area contributed by atoms with E-state index in [2.05, 4.69) is 36.2 Å². The van der Waals surface area contributed by atoms with E-state index in [0.717, 1.165) is 26.1 Å². The number of hydrogen-bond donors (Lipinski definition) is 1. The van der Waals surface area contributed by atoms with E-state index >= 15 is 0 Å². The zero-order chi connectivity index (χ0) is 17.4. The molecule has 1 atom stereocenters. The van der Waals surface area contributed by atoms with Gasteiger partial charge in [-0.05, 0) is 25.1 Å². The van der Waals surface area contributed by atoms with E-state index < -0.39 is 0 Å². The average molecular weight is 331 g/mol. The number of carbonyl (C=O) groups is 2. The van der Waals surface area contributed by atoms with Gasteiger partial charge in [-0.2, -0.15) is 0 Å². The molecule has 1 fully saturated rings. The molecule has 0 radical (unpaired) electrons. The summed E-state index contributed by atoms with van der Waals surface area (Å²) >= 11 is 0. The molecule has 5 nitrogen and oxygen atoms in total. The number of nitrogens with zero attached hydrogens (tertiary/aromatic N) is 2. The van der Waals surface area contributed by atoms with Crippen LogP contribution in [0.3, 0.4) is 0 Å². The zero-order valence-electron chi connectivity index (χ0n) is 14.8. The Hall–Kier alpha value is -1.88. The first kappa shape index (κ1) is 18.5. The number of amides is 2. The van der Waals surface area contributed by atoms with E-state index in [9.17, 15) is 9.59 Å². The van der Waals surface area contributed by atoms with Crippen LogP contribution in [0.5, 0.6) is 0 Å². The largest absolute Gasteiger partial charge is 0.355 e. The van der Waals surface area contributed by atoms with E-state index in [-0.39, 0.29) is 17.7 Å². The van der Waals surface area contributed by atoms with Crippen LogP contribution in [0.25, 0.3) is 0 Å². The van der Waals surface area contributed by atoms with Crippen LogP contribution in [-0.2, 0) is 16.0 Å². The van der Waals surface area contributed by atoms with Crippen molar-refractivity contribution in [1.82, 2.24) is 15.1 Å². The monoisotopic (exact) mass is 331 g/mol. The molecule has 1 aromatic carbocycles. The van der Waals surface area contributed by atoms with Crippen LogP contribution in [-0.4, -0.2) is 60.9 Å². The van der Waals surface area contributed by atoms with Gasteiger partial charge in [0.1, 0.15) is 0 Å². The number of rotatable bonds is 9. The molecular formula is C19H29N3O2. The number of hydrogen-bond acceptors (Lipinski definition) is 3. The van der Waals surface area contributed by atoms with Gasteiger partial charge in [-0.15, -0.1) is 0 Å². The maximum atomic E-state index is 12.3. The van der Waals surface area contributed by atoms with Crippen molar-refractivity contribution in [3.8, 4) is 0 Å². The van der Waals surface area contributed by atoms with E-state index in [1.54, 1.807) is 0 Å². The molecule has 0 aliphatic carbocycles. The third-order valence-electron chi connectivity index (χ3n) is 4.72. The maximum absolute atomic E-state index is 12.3. The molecule has 2 amide bonds. The molecule has 0 spiro atoms. The molecule has 1 aliphatic rings. The molecule has 0 bridgehead atoms. The number of carbonyl (C=O) groups excluding carboxylic acids is 2. The van der Waals surface area contributed by atoms with Gasteiger partial charge in [0.25, 0.3) is 0 Å². The van der Waals surface area contributed by atoms with Crippen LogP contribution in [0.4, 0.5) is 0 Å². The molecule has 1 N–H and O–H groups in total. The van der Waals surface area contributed by atoms with Gasteiger partial charge in [-0.3, -0.25) is 9.59 Å². The lowest BCUT2D eigenvalue weighted by molar-refractivity contribution is -0.129. The number of benzene rings is 1. The zero-order valence-corrected chi connectivity index (χ0v) is 14.8. The molecule has 1 heterocycles. The van der Waals surface area contributed by atoms with Crippen molar-refractivity contribution in [3.63, 3.8) is 0 Å². The van der Waals surface area contributed by atoms with Crippen LogP contribution < -0.4 is 5.32 Å². The van der Waals surface area contributed by atoms with Gasteiger partial charge >= 0.3 is 0 Å². The molecule has 24 heavy (non-hydrogen) atoms. The van der Waals surface area contributed by atoms with Gasteiger partial charge in [0.15, 0.2) is 0 Å². The first-order chi connectivity index (χ1) is 11.6. The van der Waals surface area contributed by atoms with Crippen LogP contribution in [0, 0.1) is 5.92 Å². The lowest BCUT2D eigenvalue weighted by Gasteiger charge is -2.19. The second-order valence-electron chi connectivity index (χ2n) is 6.29. The SMILES string of the molecule is CCN(CC)CCNC(=O)[C@@H]1CC(=O)N(CCc2ccccc2)C1. The van der Waals surface area contributed by atoms with E-state index in [1.807, 2.05) is 23.1 Å². The van der Waals surface area contributed by atoms with Gasteiger partial charge in [-0.25, -0.2) is 0 Å². The van der Waals surface area contributed by atoms with Crippen molar-refractivity contribution in [2.45, 2.75) is 26.7 Å². The second-order valence-corrected chi connectivity index (χ2v) is 6.29. The highest BCUT2D eigenvalue weighted by Gasteiger charge is 2.33. The van der Waals surface area contributed by atoms with Gasteiger partial charge in [0.2, 0.25) is 11.8 Å². The first-order valence-electron chi connectivity index (χ1n) is 8.95. The molecule has 5 heteroatoms. The minimum absolute atomic E-state index is 0.0118. The average Bonchev–Trinajstić information content (AvgIpc) is 2.98. The maximum Gasteiger partial charge on any atom is 0.225 e. The molecule has 1 aliphatic heterocycles. The Bertz CT molecular complexity index is 529. The van der Waals surface area contributed by atoms with Gasteiger partial charge in [0.05, 0.1) is 5.92 Å². The molecule has 2 rings (SSSR count). The van der Waals surface area contributed by atoms with Crippen molar-refractivity contribution in [3.05, 3.63) is 35.9 Å². The summed E-state index contributed by atoms with van der Waals surface area (Å²) in [6, 6.07) is 10.1. The Balaban J connectivity index is 1.73. The van der Waals surface area contributed by atoms with Crippen LogP contribution in [0.1, 0.15) is 25.8 Å². The van der Waals surface area contributed by atoms with Crippen molar-refractivity contribution < 1.29 is 9.59 Å². The third-order valence-corrected chi connectivity index (χ3v) is 4.72. The first-order valence-corrected chi connectivity index (χ1v) is 8.95. The topological polar surface area (TPSA) is 52.7 Å². The van der Waals surface area contributed by atoms with Crippen LogP contribution in [0.2, 0.25) is 0 Å². The van der Waals surface area contributed by atoms with Crippen molar-refractivity contribution >= 4 is 11.8 Å². The molecular weight excluding hydrogens is 302 g/mol. The lowest BCUT2D eigenvalue weighted by Crippen LogP contribution is -2.38. The summed E-state index contributed by atoms with van der Waals surface area (Å²) in [5.74, 6) is -0.0995. The fourth-order valence-electron chi connectivity index (χ4n) is 3.09. The predicted octanol–water partition coefficient (Wildman–Crippen LogP) is 1.54. The van der Waals surface area contributed by atoms with Crippen molar-refractivity contribution in [2.75, 3.05) is 39.3 Å². The Morgan fingerprint density at radius 2 is 1.96 bits per heavy atom. The van der Waals surface area contributed by atoms with E-state index in [4.69, 9.17) is 0 Å². The minimum atomic E-state index is -0.204. The summed E-state index contributed by atoms with van der Waals surface area (Å²) < 4.78 is 0. The summed E-state index contributed by atoms with van der Waals surface area (Å²) in [7, 11) is 0. The van der Waals surface area contributed by atoms with Crippen molar-refractivity contribution in [2.24, 2.45) is 5.92 Å². The number of likely N-dealkylation sites (tertiary alicyclic amines) is 1. The van der Waals surface area contributed by atoms with E-state index in [0.29, 0.717) is 26.1 Å². The Labute approximate surface area is 145 Å². The van der Waals surface area contributed by atoms with Gasteiger partial charge < -0.3 is 15.1 Å². The molecule has 0 saturated carbocycles. The summed E-state index contributed by atoms with van der Waals surface area (Å²) in [4.78, 5) is 28.5. The third kappa shape index (κ3) is 5.34. The highest BCUT2D eigenvalue weighted by Crippen LogP contribution is 2.18. The molecule has 0 unspecified atom stereocenters. The minimum Gasteiger partial charge on any atom is -0.355 e. The standard InChI is InChI=1S/C19H29N3O2/c1-3-21(4-2)13-11-20-19(24)17-14-18(23)22(15-17)12-10-16-8-6-5-7-9-16/h5-9,17H,3-4,10-15H2,1-2H3,(H,20,24)/t17-/m1/s1. The fourth-order valence-corrected chi connectivity index (χ4v) is 3.09. The summed E-state index contributed by atoms with van der Waals surface area (Å²) in [6.07, 6.45) is 1.18. The second kappa shape index (κ2) is 9.42. The summed E-state index contributed by atoms with van der Waals surface area (Å²) in [5.41, 5.74) is 1.22. The number of likely N-dealkylation sites (N-methyl/N-ethyl adjacent to an activating group) is 1. The number of nitrogens with one attached hydrogen (secondary N) is 1. The fraction of sp³-hybridized carbons (Fsp3) is 0.579. The summed E-state index contributed by atoms with van der Waals surface area (Å²) in [6.45, 7) is 8.95. The van der Waals surface area contributed by atoms with E-state index in [1.165, 1.54) is 5.56 Å². The highest BCUT2D eigenvalue weighted by molar-refractivity contribution is 5.89. The quantitative estimate of drug-likeness (QED) is 0.747. The van der Waals surface area contributed by atoms with Crippen LogP contribution in [0.15, 0.2) is 30.3 Å². The Kier molecular flexibility index (Phi) is 7.25. The molecule has 1 aromatic rings. The highest BCUT2D eigenvalue weighted by atomic mass is 16.2. The Morgan fingerprint density at radius 3 is 2.62 bits per heavy atom. The molecule has 1 saturated heterocycles. The van der Waals surface area contributed by atoms with Gasteiger partial charge in [0, 0.05) is 32.6 Å². The smallest absolute Gasteiger partial charge is 0.225 e. The van der Waals surface area contributed by atoms with Gasteiger partial charge in [-0.1, -0.05) is 44.2 Å². The molecule has 132 valence electrons. The van der Waals surface area contributed by atoms with Crippen LogP contribution >= 0.6 is 0 Å². The van der Waals surface area contributed by atoms with Crippen molar-refractivity contribution in [1.29, 1.82) is 0 Å². The molecule has 0 aromatic heterocycles. The Morgan fingerprint density at radius 1 is 1.25 bits per heavy atom. The lowest BCUT2D eigenvalue weighted by atomic mass is 10.1. The predicted molar refractivity (Wildman–Crippen MR) is 95.6 cm³/mol.